The molecule has 1 rings (SSSR count). The smallest absolute Gasteiger partial charge is 0.308 e. The van der Waals surface area contributed by atoms with Gasteiger partial charge in [-0.15, -0.1) is 12.4 Å². The van der Waals surface area contributed by atoms with Gasteiger partial charge < -0.3 is 10.8 Å². The van der Waals surface area contributed by atoms with Crippen LogP contribution in [-0.4, -0.2) is 11.1 Å². The highest BCUT2D eigenvalue weighted by Gasteiger charge is 2.24. The van der Waals surface area contributed by atoms with Gasteiger partial charge in [-0.3, -0.25) is 4.79 Å². The van der Waals surface area contributed by atoms with Crippen molar-refractivity contribution in [3.63, 3.8) is 0 Å². The highest BCUT2D eigenvalue weighted by atomic mass is 35.5. The van der Waals surface area contributed by atoms with E-state index in [9.17, 15) is 4.79 Å². The van der Waals surface area contributed by atoms with Crippen molar-refractivity contribution >= 4 is 18.4 Å². The number of aliphatic carboxylic acids is 1. The molecule has 0 amide bonds. The summed E-state index contributed by atoms with van der Waals surface area (Å²) in [6.07, 6.45) is 0.545. The van der Waals surface area contributed by atoms with Crippen molar-refractivity contribution in [2.45, 2.75) is 33.2 Å². The average molecular weight is 258 g/mol. The van der Waals surface area contributed by atoms with Gasteiger partial charge in [-0.2, -0.15) is 0 Å². The van der Waals surface area contributed by atoms with E-state index in [1.807, 2.05) is 32.9 Å². The molecule has 0 saturated heterocycles. The van der Waals surface area contributed by atoms with E-state index in [4.69, 9.17) is 10.8 Å². The maximum Gasteiger partial charge on any atom is 0.308 e. The number of aryl methyl sites for hydroxylation is 2. The summed E-state index contributed by atoms with van der Waals surface area (Å²) in [6.45, 7) is 5.83. The van der Waals surface area contributed by atoms with E-state index in [1.165, 1.54) is 0 Å². The monoisotopic (exact) mass is 257 g/mol. The fourth-order valence-electron chi connectivity index (χ4n) is 2.02. The number of halogens is 1. The van der Waals surface area contributed by atoms with Crippen LogP contribution < -0.4 is 5.73 Å². The molecule has 4 heteroatoms. The quantitative estimate of drug-likeness (QED) is 0.872. The van der Waals surface area contributed by atoms with E-state index in [-0.39, 0.29) is 12.4 Å². The summed E-state index contributed by atoms with van der Waals surface area (Å²) in [5.41, 5.74) is 9.15. The van der Waals surface area contributed by atoms with Crippen molar-refractivity contribution < 1.29 is 9.90 Å². The second kappa shape index (κ2) is 6.62. The number of carboxylic acids is 1. The van der Waals surface area contributed by atoms with Crippen LogP contribution in [0.25, 0.3) is 0 Å². The van der Waals surface area contributed by atoms with Crippen LogP contribution in [0.2, 0.25) is 0 Å². The molecule has 17 heavy (non-hydrogen) atoms. The Balaban J connectivity index is 0.00000256. The molecule has 0 aliphatic rings. The SMILES string of the molecule is CCC(C(=O)O)C(N)c1cc(C)cc(C)c1.Cl. The lowest BCUT2D eigenvalue weighted by atomic mass is 9.90. The van der Waals surface area contributed by atoms with Crippen LogP contribution in [0.15, 0.2) is 18.2 Å². The molecule has 0 aliphatic heterocycles. The fraction of sp³-hybridized carbons (Fsp3) is 0.462. The van der Waals surface area contributed by atoms with Crippen LogP contribution in [0, 0.1) is 19.8 Å². The lowest BCUT2D eigenvalue weighted by molar-refractivity contribution is -0.142. The third kappa shape index (κ3) is 4.02. The first-order valence-corrected chi connectivity index (χ1v) is 5.52. The zero-order valence-electron chi connectivity index (χ0n) is 10.4. The second-order valence-corrected chi connectivity index (χ2v) is 4.30. The molecule has 0 fully saturated rings. The van der Waals surface area contributed by atoms with Crippen molar-refractivity contribution in [3.8, 4) is 0 Å². The van der Waals surface area contributed by atoms with Gasteiger partial charge in [0.05, 0.1) is 5.92 Å². The molecule has 96 valence electrons. The topological polar surface area (TPSA) is 63.3 Å². The number of nitrogens with two attached hydrogens (primary N) is 1. The first-order chi connectivity index (χ1) is 7.45. The highest BCUT2D eigenvalue weighted by molar-refractivity contribution is 5.85. The molecule has 1 aromatic carbocycles. The molecular formula is C13H20ClNO2. The van der Waals surface area contributed by atoms with E-state index in [0.29, 0.717) is 6.42 Å². The molecule has 0 heterocycles. The number of benzene rings is 1. The third-order valence-corrected chi connectivity index (χ3v) is 2.82. The molecule has 0 bridgehead atoms. The van der Waals surface area contributed by atoms with Crippen LogP contribution in [0.5, 0.6) is 0 Å². The molecule has 0 radical (unpaired) electrons. The van der Waals surface area contributed by atoms with Crippen LogP contribution in [0.1, 0.15) is 36.1 Å². The number of carbonyl (C=O) groups is 1. The standard InChI is InChI=1S/C13H19NO2.ClH/c1-4-11(13(15)16)12(14)10-6-8(2)5-9(3)7-10;/h5-7,11-12H,4,14H2,1-3H3,(H,15,16);1H. The Labute approximate surface area is 108 Å². The van der Waals surface area contributed by atoms with Crippen molar-refractivity contribution in [3.05, 3.63) is 34.9 Å². The number of hydrogen-bond acceptors (Lipinski definition) is 2. The van der Waals surface area contributed by atoms with Gasteiger partial charge in [-0.25, -0.2) is 0 Å². The summed E-state index contributed by atoms with van der Waals surface area (Å²) in [5.74, 6) is -1.34. The van der Waals surface area contributed by atoms with Crippen molar-refractivity contribution in [1.82, 2.24) is 0 Å². The minimum atomic E-state index is -0.825. The normalized spacial score (nSPS) is 13.6. The molecule has 3 nitrogen and oxygen atoms in total. The number of rotatable bonds is 4. The van der Waals surface area contributed by atoms with E-state index in [0.717, 1.165) is 16.7 Å². The van der Waals surface area contributed by atoms with Gasteiger partial charge in [-0.05, 0) is 25.8 Å². The second-order valence-electron chi connectivity index (χ2n) is 4.30. The molecule has 0 aromatic heterocycles. The molecular weight excluding hydrogens is 238 g/mol. The van der Waals surface area contributed by atoms with Gasteiger partial charge in [0, 0.05) is 6.04 Å². The largest absolute Gasteiger partial charge is 0.481 e. The molecule has 2 unspecified atom stereocenters. The Morgan fingerprint density at radius 3 is 2.12 bits per heavy atom. The van der Waals surface area contributed by atoms with E-state index < -0.39 is 17.9 Å². The van der Waals surface area contributed by atoms with E-state index in [2.05, 4.69) is 6.07 Å². The van der Waals surface area contributed by atoms with E-state index >= 15 is 0 Å². The summed E-state index contributed by atoms with van der Waals surface area (Å²) in [7, 11) is 0. The average Bonchev–Trinajstić information content (AvgIpc) is 2.16. The summed E-state index contributed by atoms with van der Waals surface area (Å²) >= 11 is 0. The highest BCUT2D eigenvalue weighted by Crippen LogP contribution is 2.24. The third-order valence-electron chi connectivity index (χ3n) is 2.82. The maximum atomic E-state index is 11.0. The van der Waals surface area contributed by atoms with Crippen molar-refractivity contribution in [2.24, 2.45) is 11.7 Å². The van der Waals surface area contributed by atoms with Gasteiger partial charge in [0.1, 0.15) is 0 Å². The summed E-state index contributed by atoms with van der Waals surface area (Å²) in [4.78, 5) is 11.0. The first-order valence-electron chi connectivity index (χ1n) is 5.52. The van der Waals surface area contributed by atoms with Gasteiger partial charge in [0.2, 0.25) is 0 Å². The van der Waals surface area contributed by atoms with Gasteiger partial charge in [-0.1, -0.05) is 36.2 Å². The van der Waals surface area contributed by atoms with Gasteiger partial charge >= 0.3 is 5.97 Å². The Bertz CT molecular complexity index is 373. The number of carboxylic acid groups (broad SMARTS) is 1. The first kappa shape index (κ1) is 15.9. The Kier molecular flexibility index (Phi) is 6.21. The van der Waals surface area contributed by atoms with E-state index in [1.54, 1.807) is 0 Å². The predicted molar refractivity (Wildman–Crippen MR) is 71.5 cm³/mol. The summed E-state index contributed by atoms with van der Waals surface area (Å²) in [5, 5.41) is 9.06. The molecule has 0 saturated carbocycles. The maximum absolute atomic E-state index is 11.0. The minimum absolute atomic E-state index is 0. The van der Waals surface area contributed by atoms with Crippen LogP contribution >= 0.6 is 12.4 Å². The molecule has 2 atom stereocenters. The minimum Gasteiger partial charge on any atom is -0.481 e. The van der Waals surface area contributed by atoms with Crippen LogP contribution in [-0.2, 0) is 4.79 Å². The van der Waals surface area contributed by atoms with Crippen LogP contribution in [0.3, 0.4) is 0 Å². The Morgan fingerprint density at radius 1 is 1.29 bits per heavy atom. The van der Waals surface area contributed by atoms with Crippen molar-refractivity contribution in [1.29, 1.82) is 0 Å². The molecule has 1 aromatic rings. The number of hydrogen-bond donors (Lipinski definition) is 2. The molecule has 3 N–H and O–H groups in total. The van der Waals surface area contributed by atoms with Gasteiger partial charge in [0.25, 0.3) is 0 Å². The Morgan fingerprint density at radius 2 is 1.76 bits per heavy atom. The van der Waals surface area contributed by atoms with Crippen LogP contribution in [0.4, 0.5) is 0 Å². The van der Waals surface area contributed by atoms with Gasteiger partial charge in [0.15, 0.2) is 0 Å². The zero-order valence-corrected chi connectivity index (χ0v) is 11.3. The zero-order chi connectivity index (χ0) is 12.3. The molecule has 0 spiro atoms. The molecule has 0 aliphatic carbocycles. The lowest BCUT2D eigenvalue weighted by Crippen LogP contribution is -2.27. The summed E-state index contributed by atoms with van der Waals surface area (Å²) < 4.78 is 0. The van der Waals surface area contributed by atoms with Crippen molar-refractivity contribution in [2.75, 3.05) is 0 Å². The summed E-state index contributed by atoms with van der Waals surface area (Å²) in [6, 6.07) is 5.55. The fourth-order valence-corrected chi connectivity index (χ4v) is 2.02. The lowest BCUT2D eigenvalue weighted by Gasteiger charge is -2.20. The predicted octanol–water partition coefficient (Wildman–Crippen LogP) is 2.84. The Hall–Kier alpha value is -1.06.